The van der Waals surface area contributed by atoms with Crippen LogP contribution in [0.15, 0.2) is 30.3 Å². The predicted octanol–water partition coefficient (Wildman–Crippen LogP) is 3.90. The van der Waals surface area contributed by atoms with Crippen molar-refractivity contribution in [3.63, 3.8) is 0 Å². The minimum absolute atomic E-state index is 0.599. The molecule has 0 N–H and O–H groups in total. The fourth-order valence-electron chi connectivity index (χ4n) is 0.811. The van der Waals surface area contributed by atoms with Gasteiger partial charge in [0.05, 0.1) is 0 Å². The Bertz CT molecular complexity index is 254. The third kappa shape index (κ3) is 3.17. The fourth-order valence-corrected chi connectivity index (χ4v) is 1.42. The Balaban J connectivity index is 2.73. The van der Waals surface area contributed by atoms with E-state index in [2.05, 4.69) is 0 Å². The third-order valence-electron chi connectivity index (χ3n) is 1.41. The molecule has 13 heavy (non-hydrogen) atoms. The van der Waals surface area contributed by atoms with Crippen LogP contribution in [0.5, 0.6) is 0 Å². The van der Waals surface area contributed by atoms with Gasteiger partial charge in [0.1, 0.15) is 5.50 Å². The molecule has 1 aromatic rings. The van der Waals surface area contributed by atoms with Gasteiger partial charge in [-0.1, -0.05) is 41.9 Å². The van der Waals surface area contributed by atoms with Crippen molar-refractivity contribution in [1.29, 1.82) is 0 Å². The van der Waals surface area contributed by atoms with Crippen molar-refractivity contribution in [1.82, 2.24) is 8.58 Å². The normalized spacial score (nSPS) is 13.7. The molecule has 0 radical (unpaired) electrons. The van der Waals surface area contributed by atoms with Crippen LogP contribution >= 0.6 is 46.9 Å². The van der Waals surface area contributed by atoms with E-state index in [1.165, 1.54) is 0 Å². The first-order valence-corrected chi connectivity index (χ1v) is 4.83. The lowest BCUT2D eigenvalue weighted by Gasteiger charge is -2.20. The molecule has 6 heteroatoms. The number of benzene rings is 1. The lowest BCUT2D eigenvalue weighted by atomic mass is 10.2. The molecule has 1 atom stereocenters. The van der Waals surface area contributed by atoms with Crippen LogP contribution in [-0.2, 0) is 0 Å². The lowest BCUT2D eigenvalue weighted by molar-refractivity contribution is 0.271. The van der Waals surface area contributed by atoms with Gasteiger partial charge in [0.15, 0.2) is 0 Å². The van der Waals surface area contributed by atoms with Gasteiger partial charge in [-0.05, 0) is 21.4 Å². The summed E-state index contributed by atoms with van der Waals surface area (Å²) < 4.78 is 1.65. The van der Waals surface area contributed by atoms with Crippen molar-refractivity contribution in [3.05, 3.63) is 35.9 Å². The number of hydrazine groups is 1. The summed E-state index contributed by atoms with van der Waals surface area (Å²) in [6.45, 7) is 0. The first-order chi connectivity index (χ1) is 6.13. The quantitative estimate of drug-likeness (QED) is 0.352. The number of hydrogen-bond donors (Lipinski definition) is 0. The van der Waals surface area contributed by atoms with Crippen LogP contribution in [0.2, 0.25) is 0 Å². The van der Waals surface area contributed by atoms with E-state index in [1.54, 1.807) is 0 Å². The number of halogens is 4. The van der Waals surface area contributed by atoms with Crippen molar-refractivity contribution in [2.45, 2.75) is 5.50 Å². The molecule has 0 saturated carbocycles. The summed E-state index contributed by atoms with van der Waals surface area (Å²) in [6.07, 6.45) is 0. The maximum Gasteiger partial charge on any atom is 0.142 e. The molecule has 0 amide bonds. The maximum absolute atomic E-state index is 5.94. The summed E-state index contributed by atoms with van der Waals surface area (Å²) in [5, 5.41) is 0. The molecule has 1 aromatic carbocycles. The van der Waals surface area contributed by atoms with E-state index in [1.807, 2.05) is 30.3 Å². The second-order valence-electron chi connectivity index (χ2n) is 2.25. The van der Waals surface area contributed by atoms with Crippen LogP contribution in [0.4, 0.5) is 0 Å². The molecule has 0 heterocycles. The second-order valence-corrected chi connectivity index (χ2v) is 3.82. The Morgan fingerprint density at radius 3 is 2.00 bits per heavy atom. The van der Waals surface area contributed by atoms with Gasteiger partial charge in [0.2, 0.25) is 0 Å². The average molecular weight is 260 g/mol. The highest BCUT2D eigenvalue weighted by molar-refractivity contribution is 6.36. The molecule has 0 aliphatic rings. The van der Waals surface area contributed by atoms with Gasteiger partial charge >= 0.3 is 0 Å². The molecular weight excluding hydrogens is 254 g/mol. The molecule has 1 rings (SSSR count). The van der Waals surface area contributed by atoms with Gasteiger partial charge in [-0.2, -0.15) is 0 Å². The topological polar surface area (TPSA) is 6.48 Å². The minimum Gasteiger partial charge on any atom is -0.101 e. The molecule has 0 bridgehead atoms. The molecular formula is C7H6Cl4N2. The van der Waals surface area contributed by atoms with Crippen LogP contribution < -0.4 is 0 Å². The standard InChI is InChI=1S/C7H6Cl4N2/c8-7(12(9)13(10)11)6-4-2-1-3-5-6/h1-5,7H. The number of rotatable bonds is 3. The monoisotopic (exact) mass is 258 g/mol. The molecule has 2 nitrogen and oxygen atoms in total. The summed E-state index contributed by atoms with van der Waals surface area (Å²) >= 11 is 22.4. The van der Waals surface area contributed by atoms with Crippen molar-refractivity contribution < 1.29 is 0 Å². The number of nitrogens with zero attached hydrogens (tertiary/aromatic N) is 2. The fraction of sp³-hybridized carbons (Fsp3) is 0.143. The highest BCUT2D eigenvalue weighted by atomic mass is 35.5. The second kappa shape index (κ2) is 5.25. The molecule has 0 saturated heterocycles. The predicted molar refractivity (Wildman–Crippen MR) is 56.3 cm³/mol. The van der Waals surface area contributed by atoms with Crippen LogP contribution in [-0.4, -0.2) is 8.58 Å². The van der Waals surface area contributed by atoms with Crippen molar-refractivity contribution in [2.75, 3.05) is 0 Å². The van der Waals surface area contributed by atoms with Crippen LogP contribution in [0, 0.1) is 0 Å². The Labute approximate surface area is 96.8 Å². The summed E-state index contributed by atoms with van der Waals surface area (Å²) in [7, 11) is 0. The van der Waals surface area contributed by atoms with E-state index in [9.17, 15) is 0 Å². The third-order valence-corrected chi connectivity index (χ3v) is 2.77. The van der Waals surface area contributed by atoms with E-state index < -0.39 is 5.50 Å². The zero-order chi connectivity index (χ0) is 9.84. The van der Waals surface area contributed by atoms with Gasteiger partial charge < -0.3 is 0 Å². The largest absolute Gasteiger partial charge is 0.142 e. The summed E-state index contributed by atoms with van der Waals surface area (Å²) in [5.41, 5.74) is 0.211. The Morgan fingerprint density at radius 1 is 1.00 bits per heavy atom. The Morgan fingerprint density at radius 2 is 1.54 bits per heavy atom. The zero-order valence-electron chi connectivity index (χ0n) is 6.37. The van der Waals surface area contributed by atoms with Gasteiger partial charge in [0, 0.05) is 23.6 Å². The van der Waals surface area contributed by atoms with Crippen LogP contribution in [0.1, 0.15) is 11.1 Å². The van der Waals surface area contributed by atoms with Gasteiger partial charge in [-0.15, -0.1) is 4.53 Å². The summed E-state index contributed by atoms with van der Waals surface area (Å²) in [4.78, 5) is 0. The van der Waals surface area contributed by atoms with Crippen molar-refractivity contribution >= 4 is 46.9 Å². The molecule has 1 unspecified atom stereocenters. The first kappa shape index (κ1) is 11.4. The molecule has 0 aliphatic carbocycles. The maximum atomic E-state index is 5.94. The van der Waals surface area contributed by atoms with E-state index >= 15 is 0 Å². The molecule has 0 aromatic heterocycles. The van der Waals surface area contributed by atoms with Crippen molar-refractivity contribution in [2.24, 2.45) is 0 Å². The lowest BCUT2D eigenvalue weighted by Crippen LogP contribution is -2.21. The minimum atomic E-state index is -0.599. The SMILES string of the molecule is ClC(c1ccccc1)N(Cl)N(Cl)Cl. The molecule has 0 spiro atoms. The van der Waals surface area contributed by atoms with Gasteiger partial charge in [-0.25, -0.2) is 0 Å². The van der Waals surface area contributed by atoms with Gasteiger partial charge in [-0.3, -0.25) is 0 Å². The van der Waals surface area contributed by atoms with E-state index in [-0.39, 0.29) is 0 Å². The Kier molecular flexibility index (Phi) is 4.59. The highest BCUT2D eigenvalue weighted by Crippen LogP contribution is 2.29. The van der Waals surface area contributed by atoms with E-state index in [0.717, 1.165) is 10.1 Å². The molecule has 0 fully saturated rings. The number of hydrogen-bond acceptors (Lipinski definition) is 2. The van der Waals surface area contributed by atoms with E-state index in [4.69, 9.17) is 46.9 Å². The summed E-state index contributed by atoms with van der Waals surface area (Å²) in [5.74, 6) is 0. The van der Waals surface area contributed by atoms with Crippen molar-refractivity contribution in [3.8, 4) is 0 Å². The Hall–Kier alpha value is 0.300. The van der Waals surface area contributed by atoms with E-state index in [0.29, 0.717) is 4.05 Å². The summed E-state index contributed by atoms with van der Waals surface area (Å²) in [6, 6.07) is 9.23. The smallest absolute Gasteiger partial charge is 0.101 e. The van der Waals surface area contributed by atoms with Crippen LogP contribution in [0.25, 0.3) is 0 Å². The van der Waals surface area contributed by atoms with Gasteiger partial charge in [0.25, 0.3) is 0 Å². The molecule has 0 aliphatic heterocycles. The van der Waals surface area contributed by atoms with Crippen LogP contribution in [0.3, 0.4) is 0 Å². The first-order valence-electron chi connectivity index (χ1n) is 3.38. The molecule has 72 valence electrons. The highest BCUT2D eigenvalue weighted by Gasteiger charge is 2.20. The number of alkyl halides is 1. The zero-order valence-corrected chi connectivity index (χ0v) is 9.39. The average Bonchev–Trinajstić information content (AvgIpc) is 2.17.